The Hall–Kier alpha value is -2.41. The van der Waals surface area contributed by atoms with Crippen LogP contribution in [-0.4, -0.2) is 24.2 Å². The number of carbonyl (C=O) groups is 1. The lowest BCUT2D eigenvalue weighted by Crippen LogP contribution is -2.25. The molecule has 0 radical (unpaired) electrons. The average molecular weight is 277 g/mol. The zero-order chi connectivity index (χ0) is 14.4. The molecule has 2 rings (SSSR count). The van der Waals surface area contributed by atoms with Gasteiger partial charge in [-0.2, -0.15) is 0 Å². The van der Waals surface area contributed by atoms with Crippen molar-refractivity contribution in [2.24, 2.45) is 0 Å². The van der Waals surface area contributed by atoms with E-state index < -0.39 is 4.92 Å². The Morgan fingerprint density at radius 2 is 1.90 bits per heavy atom. The second kappa shape index (κ2) is 6.67. The minimum Gasteiger partial charge on any atom is -0.381 e. The first-order valence-corrected chi connectivity index (χ1v) is 6.23. The van der Waals surface area contributed by atoms with Crippen LogP contribution < -0.4 is 10.6 Å². The van der Waals surface area contributed by atoms with Crippen LogP contribution in [0.1, 0.15) is 12.8 Å². The van der Waals surface area contributed by atoms with Gasteiger partial charge in [-0.05, 0) is 30.5 Å². The molecule has 0 aliphatic carbocycles. The molecule has 0 aromatic heterocycles. The van der Waals surface area contributed by atoms with Gasteiger partial charge in [0.05, 0.1) is 18.1 Å². The third-order valence-corrected chi connectivity index (χ3v) is 2.88. The Balaban J connectivity index is 1.86. The number of ether oxygens (including phenoxy) is 1. The van der Waals surface area contributed by atoms with Crippen LogP contribution in [0.2, 0.25) is 0 Å². The van der Waals surface area contributed by atoms with Crippen LogP contribution >= 0.6 is 0 Å². The number of nitro benzene ring substituents is 1. The van der Waals surface area contributed by atoms with E-state index >= 15 is 0 Å². The van der Waals surface area contributed by atoms with E-state index in [1.807, 2.05) is 0 Å². The molecule has 1 saturated heterocycles. The van der Waals surface area contributed by atoms with Crippen LogP contribution in [0.5, 0.6) is 0 Å². The Labute approximate surface area is 115 Å². The van der Waals surface area contributed by atoms with Gasteiger partial charge in [-0.25, -0.2) is 4.79 Å². The molecule has 1 aromatic carbocycles. The van der Waals surface area contributed by atoms with Crippen molar-refractivity contribution in [3.8, 4) is 0 Å². The minimum absolute atomic E-state index is 0.0136. The van der Waals surface area contributed by atoms with Crippen molar-refractivity contribution in [1.82, 2.24) is 5.32 Å². The van der Waals surface area contributed by atoms with Crippen molar-refractivity contribution >= 4 is 17.4 Å². The Bertz CT molecular complexity index is 517. The molecule has 106 valence electrons. The second-order valence-electron chi connectivity index (χ2n) is 4.32. The van der Waals surface area contributed by atoms with Crippen molar-refractivity contribution in [1.29, 1.82) is 0 Å². The quantitative estimate of drug-likeness (QED) is 0.655. The van der Waals surface area contributed by atoms with Gasteiger partial charge >= 0.3 is 6.03 Å². The van der Waals surface area contributed by atoms with E-state index in [-0.39, 0.29) is 11.7 Å². The summed E-state index contributed by atoms with van der Waals surface area (Å²) in [7, 11) is 0. The van der Waals surface area contributed by atoms with Crippen LogP contribution in [0.15, 0.2) is 36.0 Å². The number of hydrogen-bond acceptors (Lipinski definition) is 4. The number of nitro groups is 1. The fraction of sp³-hybridized carbons (Fsp3) is 0.308. The number of nitrogens with one attached hydrogen (secondary N) is 2. The predicted octanol–water partition coefficient (Wildman–Crippen LogP) is 2.41. The summed E-state index contributed by atoms with van der Waals surface area (Å²) in [4.78, 5) is 21.7. The molecule has 0 bridgehead atoms. The van der Waals surface area contributed by atoms with E-state index in [9.17, 15) is 14.9 Å². The Kier molecular flexibility index (Phi) is 4.67. The van der Waals surface area contributed by atoms with Gasteiger partial charge in [0.25, 0.3) is 5.69 Å². The highest BCUT2D eigenvalue weighted by Crippen LogP contribution is 2.15. The number of anilines is 1. The molecule has 0 unspecified atom stereocenters. The van der Waals surface area contributed by atoms with E-state index in [0.29, 0.717) is 18.9 Å². The van der Waals surface area contributed by atoms with E-state index in [0.717, 1.165) is 18.4 Å². The first-order valence-electron chi connectivity index (χ1n) is 6.23. The third kappa shape index (κ3) is 4.06. The van der Waals surface area contributed by atoms with E-state index in [4.69, 9.17) is 4.74 Å². The van der Waals surface area contributed by atoms with Gasteiger partial charge in [-0.3, -0.25) is 10.1 Å². The number of amides is 2. The van der Waals surface area contributed by atoms with Crippen molar-refractivity contribution in [3.05, 3.63) is 46.2 Å². The predicted molar refractivity (Wildman–Crippen MR) is 73.4 cm³/mol. The molecule has 20 heavy (non-hydrogen) atoms. The molecule has 1 aromatic rings. The summed E-state index contributed by atoms with van der Waals surface area (Å²) in [5.41, 5.74) is 1.62. The van der Waals surface area contributed by atoms with Crippen molar-refractivity contribution in [3.63, 3.8) is 0 Å². The second-order valence-corrected chi connectivity index (χ2v) is 4.32. The maximum absolute atomic E-state index is 11.6. The molecule has 0 spiro atoms. The van der Waals surface area contributed by atoms with E-state index in [2.05, 4.69) is 10.6 Å². The van der Waals surface area contributed by atoms with E-state index in [1.54, 1.807) is 6.20 Å². The van der Waals surface area contributed by atoms with Crippen molar-refractivity contribution in [2.45, 2.75) is 12.8 Å². The highest BCUT2D eigenvalue weighted by molar-refractivity contribution is 5.90. The van der Waals surface area contributed by atoms with Gasteiger partial charge in [0, 0.05) is 24.0 Å². The third-order valence-electron chi connectivity index (χ3n) is 2.88. The summed E-state index contributed by atoms with van der Waals surface area (Å²) in [6.45, 7) is 1.36. The first kappa shape index (κ1) is 14.0. The highest BCUT2D eigenvalue weighted by atomic mass is 16.6. The molecule has 7 heteroatoms. The van der Waals surface area contributed by atoms with Crippen LogP contribution in [-0.2, 0) is 4.74 Å². The Morgan fingerprint density at radius 3 is 2.50 bits per heavy atom. The smallest absolute Gasteiger partial charge is 0.323 e. The SMILES string of the molecule is O=C(NC=C1CCOCC1)Nc1ccc([N+](=O)[O-])cc1. The van der Waals surface area contributed by atoms with Crippen LogP contribution in [0.3, 0.4) is 0 Å². The summed E-state index contributed by atoms with van der Waals surface area (Å²) in [6.07, 6.45) is 3.32. The largest absolute Gasteiger partial charge is 0.381 e. The van der Waals surface area contributed by atoms with Crippen molar-refractivity contribution in [2.75, 3.05) is 18.5 Å². The maximum atomic E-state index is 11.6. The summed E-state index contributed by atoms with van der Waals surface area (Å²) >= 11 is 0. The molecular formula is C13H15N3O4. The molecule has 1 aliphatic heterocycles. The molecular weight excluding hydrogens is 262 g/mol. The molecule has 2 N–H and O–H groups in total. The normalized spacial score (nSPS) is 14.5. The zero-order valence-electron chi connectivity index (χ0n) is 10.8. The van der Waals surface area contributed by atoms with Gasteiger partial charge in [-0.1, -0.05) is 0 Å². The molecule has 0 atom stereocenters. The lowest BCUT2D eigenvalue weighted by molar-refractivity contribution is -0.384. The topological polar surface area (TPSA) is 93.5 Å². The number of nitrogens with zero attached hydrogens (tertiary/aromatic N) is 1. The molecule has 0 saturated carbocycles. The number of rotatable bonds is 3. The van der Waals surface area contributed by atoms with Gasteiger partial charge in [-0.15, -0.1) is 0 Å². The monoisotopic (exact) mass is 277 g/mol. The molecule has 1 fully saturated rings. The minimum atomic E-state index is -0.487. The van der Waals surface area contributed by atoms with Crippen LogP contribution in [0, 0.1) is 10.1 Å². The molecule has 7 nitrogen and oxygen atoms in total. The first-order chi connectivity index (χ1) is 9.65. The van der Waals surface area contributed by atoms with Crippen LogP contribution in [0.25, 0.3) is 0 Å². The number of benzene rings is 1. The molecule has 1 aliphatic rings. The summed E-state index contributed by atoms with van der Waals surface area (Å²) < 4.78 is 5.21. The molecule has 2 amide bonds. The molecule has 1 heterocycles. The van der Waals surface area contributed by atoms with Crippen molar-refractivity contribution < 1.29 is 14.5 Å². The average Bonchev–Trinajstić information content (AvgIpc) is 2.47. The number of carbonyl (C=O) groups excluding carboxylic acids is 1. The highest BCUT2D eigenvalue weighted by Gasteiger charge is 2.07. The summed E-state index contributed by atoms with van der Waals surface area (Å²) in [5, 5.41) is 15.7. The van der Waals surface area contributed by atoms with Crippen LogP contribution in [0.4, 0.5) is 16.2 Å². The lowest BCUT2D eigenvalue weighted by atomic mass is 10.1. The standard InChI is InChI=1S/C13H15N3O4/c17-13(14-9-10-5-7-20-8-6-10)15-11-1-3-12(4-2-11)16(18)19/h1-4,9H,5-8H2,(H2,14,15,17). The van der Waals surface area contributed by atoms with E-state index in [1.165, 1.54) is 24.3 Å². The maximum Gasteiger partial charge on any atom is 0.323 e. The van der Waals surface area contributed by atoms with Gasteiger partial charge < -0.3 is 15.4 Å². The number of non-ortho nitro benzene ring substituents is 1. The fourth-order valence-electron chi connectivity index (χ4n) is 1.78. The summed E-state index contributed by atoms with van der Waals surface area (Å²) in [5.74, 6) is 0. The summed E-state index contributed by atoms with van der Waals surface area (Å²) in [6, 6.07) is 5.27. The lowest BCUT2D eigenvalue weighted by Gasteiger charge is -2.14. The zero-order valence-corrected chi connectivity index (χ0v) is 10.8. The number of hydrogen-bond donors (Lipinski definition) is 2. The van der Waals surface area contributed by atoms with Gasteiger partial charge in [0.15, 0.2) is 0 Å². The fourth-order valence-corrected chi connectivity index (χ4v) is 1.78. The Morgan fingerprint density at radius 1 is 1.25 bits per heavy atom. The number of urea groups is 1. The van der Waals surface area contributed by atoms with Gasteiger partial charge in [0.1, 0.15) is 0 Å². The van der Waals surface area contributed by atoms with Gasteiger partial charge in [0.2, 0.25) is 0 Å².